The van der Waals surface area contributed by atoms with Crippen LogP contribution < -0.4 is 9.47 Å². The summed E-state index contributed by atoms with van der Waals surface area (Å²) in [7, 11) is 1.53. The summed E-state index contributed by atoms with van der Waals surface area (Å²) in [4.78, 5) is 11.6. The van der Waals surface area contributed by atoms with Gasteiger partial charge in [-0.05, 0) is 108 Å². The lowest BCUT2D eigenvalue weighted by atomic mass is 9.75. The minimum Gasteiger partial charge on any atom is -0.497 e. The first kappa shape index (κ1) is 28.1. The summed E-state index contributed by atoms with van der Waals surface area (Å²) in [6.07, 6.45) is 5.12. The Balaban J connectivity index is 1.47. The molecule has 6 heteroatoms. The van der Waals surface area contributed by atoms with Gasteiger partial charge < -0.3 is 14.6 Å². The Labute approximate surface area is 235 Å². The van der Waals surface area contributed by atoms with E-state index in [0.717, 1.165) is 43.2 Å². The van der Waals surface area contributed by atoms with Gasteiger partial charge in [0.1, 0.15) is 29.7 Å². The predicted molar refractivity (Wildman–Crippen MR) is 152 cm³/mol. The highest BCUT2D eigenvalue weighted by Gasteiger charge is 2.46. The number of hydrogen-bond donors (Lipinski definition) is 1. The van der Waals surface area contributed by atoms with Crippen LogP contribution in [-0.2, 0) is 11.4 Å². The first-order valence-corrected chi connectivity index (χ1v) is 14.1. The smallest absolute Gasteiger partial charge is 0.303 e. The van der Waals surface area contributed by atoms with Crippen LogP contribution in [0.4, 0.5) is 8.78 Å². The number of benzene rings is 3. The second kappa shape index (κ2) is 10.9. The van der Waals surface area contributed by atoms with Gasteiger partial charge in [0.2, 0.25) is 0 Å². The number of carboxylic acid groups (broad SMARTS) is 1. The van der Waals surface area contributed by atoms with Crippen LogP contribution in [0.1, 0.15) is 87.8 Å². The Morgan fingerprint density at radius 3 is 2.40 bits per heavy atom. The van der Waals surface area contributed by atoms with E-state index in [0.29, 0.717) is 28.2 Å². The Kier molecular flexibility index (Phi) is 7.64. The summed E-state index contributed by atoms with van der Waals surface area (Å²) in [6.45, 7) is 6.57. The zero-order chi connectivity index (χ0) is 28.7. The molecule has 0 aromatic heterocycles. The topological polar surface area (TPSA) is 55.8 Å². The molecule has 2 saturated carbocycles. The van der Waals surface area contributed by atoms with Crippen LogP contribution in [0.25, 0.3) is 11.1 Å². The lowest BCUT2D eigenvalue weighted by Crippen LogP contribution is -2.17. The zero-order valence-electron chi connectivity index (χ0n) is 23.7. The van der Waals surface area contributed by atoms with Crippen molar-refractivity contribution in [1.29, 1.82) is 0 Å². The predicted octanol–water partition coefficient (Wildman–Crippen LogP) is 8.87. The number of carboxylic acids is 1. The highest BCUT2D eigenvalue weighted by atomic mass is 19.1. The highest BCUT2D eigenvalue weighted by Crippen LogP contribution is 2.57. The van der Waals surface area contributed by atoms with Crippen molar-refractivity contribution in [3.63, 3.8) is 0 Å². The quantitative estimate of drug-likeness (QED) is 0.275. The second-order valence-electron chi connectivity index (χ2n) is 12.5. The Morgan fingerprint density at radius 2 is 1.75 bits per heavy atom. The average Bonchev–Trinajstić information content (AvgIpc) is 3.57. The van der Waals surface area contributed by atoms with E-state index >= 15 is 8.78 Å². The van der Waals surface area contributed by atoms with Crippen molar-refractivity contribution in [1.82, 2.24) is 0 Å². The first-order valence-electron chi connectivity index (χ1n) is 14.1. The fraction of sp³-hybridized carbons (Fsp3) is 0.441. The number of ether oxygens (including phenoxy) is 2. The van der Waals surface area contributed by atoms with E-state index in [1.165, 1.54) is 19.2 Å². The molecule has 40 heavy (non-hydrogen) atoms. The van der Waals surface area contributed by atoms with Crippen molar-refractivity contribution in [2.24, 2.45) is 10.8 Å². The highest BCUT2D eigenvalue weighted by molar-refractivity contribution is 5.71. The molecule has 3 aromatic rings. The molecule has 5 rings (SSSR count). The molecule has 2 aliphatic carbocycles. The van der Waals surface area contributed by atoms with E-state index < -0.39 is 17.6 Å². The summed E-state index contributed by atoms with van der Waals surface area (Å²) >= 11 is 0. The van der Waals surface area contributed by atoms with E-state index in [1.807, 2.05) is 30.3 Å². The molecule has 2 atom stereocenters. The van der Waals surface area contributed by atoms with Crippen LogP contribution in [0.15, 0.2) is 54.6 Å². The molecule has 0 aliphatic heterocycles. The molecule has 212 valence electrons. The first-order chi connectivity index (χ1) is 19.0. The summed E-state index contributed by atoms with van der Waals surface area (Å²) in [5, 5.41) is 9.49. The zero-order valence-corrected chi connectivity index (χ0v) is 23.7. The summed E-state index contributed by atoms with van der Waals surface area (Å²) in [5.74, 6) is -0.559. The average molecular weight is 549 g/mol. The molecule has 0 spiro atoms. The summed E-state index contributed by atoms with van der Waals surface area (Å²) in [5.41, 5.74) is 3.11. The molecule has 0 amide bonds. The monoisotopic (exact) mass is 548 g/mol. The number of hydrogen-bond acceptors (Lipinski definition) is 3. The van der Waals surface area contributed by atoms with E-state index in [1.54, 1.807) is 12.1 Å². The van der Waals surface area contributed by atoms with Crippen LogP contribution >= 0.6 is 0 Å². The standard InChI is InChI=1S/C34H38F2O4/c1-33(2)12-6-9-28(33)26-16-22(31(36)18-25(26)27-17-23(39-4)10-11-30(27)35)20-40-24-8-5-7-21(15-24)29(19-32(37)38)34(3)13-14-34/h5,7-8,10-11,15-18,28-29H,6,9,12-14,19-20H2,1-4H3,(H,37,38)/t28-,29-/m0/s1. The van der Waals surface area contributed by atoms with Crippen molar-refractivity contribution in [2.75, 3.05) is 7.11 Å². The lowest BCUT2D eigenvalue weighted by Gasteiger charge is -2.30. The third kappa shape index (κ3) is 5.72. The molecule has 2 fully saturated rings. The lowest BCUT2D eigenvalue weighted by molar-refractivity contribution is -0.137. The maximum atomic E-state index is 15.6. The normalized spacial score (nSPS) is 19.7. The number of aliphatic carboxylic acids is 1. The molecule has 0 radical (unpaired) electrons. The number of methoxy groups -OCH3 is 1. The van der Waals surface area contributed by atoms with Crippen molar-refractivity contribution in [2.45, 2.75) is 77.7 Å². The van der Waals surface area contributed by atoms with Crippen molar-refractivity contribution in [3.8, 4) is 22.6 Å². The van der Waals surface area contributed by atoms with Gasteiger partial charge in [0.25, 0.3) is 0 Å². The maximum Gasteiger partial charge on any atom is 0.303 e. The minimum atomic E-state index is -0.818. The maximum absolute atomic E-state index is 15.6. The number of rotatable bonds is 10. The third-order valence-electron chi connectivity index (χ3n) is 9.23. The van der Waals surface area contributed by atoms with E-state index in [4.69, 9.17) is 9.47 Å². The Hall–Kier alpha value is -3.41. The van der Waals surface area contributed by atoms with Gasteiger partial charge in [0.15, 0.2) is 0 Å². The van der Waals surface area contributed by atoms with E-state index in [-0.39, 0.29) is 35.7 Å². The number of carbonyl (C=O) groups is 1. The molecule has 0 heterocycles. The van der Waals surface area contributed by atoms with Gasteiger partial charge in [-0.3, -0.25) is 4.79 Å². The van der Waals surface area contributed by atoms with Crippen molar-refractivity contribution < 1.29 is 28.2 Å². The van der Waals surface area contributed by atoms with Gasteiger partial charge in [0, 0.05) is 11.1 Å². The van der Waals surface area contributed by atoms with Crippen LogP contribution in [0.3, 0.4) is 0 Å². The third-order valence-corrected chi connectivity index (χ3v) is 9.23. The van der Waals surface area contributed by atoms with Gasteiger partial charge in [0.05, 0.1) is 13.5 Å². The SMILES string of the molecule is COc1ccc(F)c(-c2cc(F)c(COc3cccc([C@H](CC(=O)O)C4(C)CC4)c3)cc2[C@@H]2CCCC2(C)C)c1. The molecule has 0 unspecified atom stereocenters. The molecule has 0 saturated heterocycles. The summed E-state index contributed by atoms with van der Waals surface area (Å²) in [6, 6.07) is 15.4. The molecule has 1 N–H and O–H groups in total. The fourth-order valence-electron chi connectivity index (χ4n) is 6.48. The fourth-order valence-corrected chi connectivity index (χ4v) is 6.48. The van der Waals surface area contributed by atoms with Crippen LogP contribution in [0, 0.1) is 22.5 Å². The molecular formula is C34H38F2O4. The molecule has 3 aromatic carbocycles. The van der Waals surface area contributed by atoms with Crippen LogP contribution in [0.2, 0.25) is 0 Å². The van der Waals surface area contributed by atoms with Crippen molar-refractivity contribution in [3.05, 3.63) is 82.9 Å². The Morgan fingerprint density at radius 1 is 0.975 bits per heavy atom. The Bertz CT molecular complexity index is 1410. The van der Waals surface area contributed by atoms with E-state index in [9.17, 15) is 9.90 Å². The van der Waals surface area contributed by atoms with Crippen LogP contribution in [-0.4, -0.2) is 18.2 Å². The van der Waals surface area contributed by atoms with Crippen LogP contribution in [0.5, 0.6) is 11.5 Å². The van der Waals surface area contributed by atoms with Gasteiger partial charge >= 0.3 is 5.97 Å². The molecular weight excluding hydrogens is 510 g/mol. The molecule has 4 nitrogen and oxygen atoms in total. The number of halogens is 2. The largest absolute Gasteiger partial charge is 0.497 e. The molecule has 0 bridgehead atoms. The minimum absolute atomic E-state index is 0.00749. The van der Waals surface area contributed by atoms with Gasteiger partial charge in [-0.2, -0.15) is 0 Å². The second-order valence-corrected chi connectivity index (χ2v) is 12.5. The van der Waals surface area contributed by atoms with Gasteiger partial charge in [-0.1, -0.05) is 39.3 Å². The summed E-state index contributed by atoms with van der Waals surface area (Å²) < 4.78 is 42.1. The van der Waals surface area contributed by atoms with E-state index in [2.05, 4.69) is 20.8 Å². The molecule has 2 aliphatic rings. The van der Waals surface area contributed by atoms with Gasteiger partial charge in [-0.25, -0.2) is 8.78 Å². The van der Waals surface area contributed by atoms with Gasteiger partial charge in [-0.15, -0.1) is 0 Å². The van der Waals surface area contributed by atoms with Crippen molar-refractivity contribution >= 4 is 5.97 Å².